The number of carbonyl (C=O) groups is 3. The zero-order valence-electron chi connectivity index (χ0n) is 14.0. The van der Waals surface area contributed by atoms with Crippen molar-refractivity contribution in [2.75, 3.05) is 33.7 Å². The second kappa shape index (κ2) is 12.8. The lowest BCUT2D eigenvalue weighted by Crippen LogP contribution is -2.50. The molecule has 0 unspecified atom stereocenters. The Morgan fingerprint density at radius 1 is 1.00 bits per heavy atom. The fourth-order valence-electron chi connectivity index (χ4n) is 1.88. The SMILES string of the molecule is CNCCC[C@@H](N)C(=O)N[C@@H](CCC(=O)NCCNC)C(N)=O. The Morgan fingerprint density at radius 3 is 2.22 bits per heavy atom. The number of carbonyl (C=O) groups excluding carboxylic acids is 3. The van der Waals surface area contributed by atoms with Crippen molar-refractivity contribution in [3.05, 3.63) is 0 Å². The lowest BCUT2D eigenvalue weighted by Gasteiger charge is -2.18. The van der Waals surface area contributed by atoms with E-state index in [9.17, 15) is 14.4 Å². The number of nitrogens with one attached hydrogen (secondary N) is 4. The van der Waals surface area contributed by atoms with Crippen molar-refractivity contribution in [1.82, 2.24) is 21.3 Å². The van der Waals surface area contributed by atoms with Crippen LogP contribution in [0.1, 0.15) is 25.7 Å². The zero-order valence-corrected chi connectivity index (χ0v) is 14.0. The first-order valence-electron chi connectivity index (χ1n) is 7.83. The molecule has 0 aromatic heterocycles. The van der Waals surface area contributed by atoms with E-state index in [4.69, 9.17) is 11.5 Å². The van der Waals surface area contributed by atoms with Crippen molar-refractivity contribution in [3.8, 4) is 0 Å². The molecule has 0 aliphatic rings. The van der Waals surface area contributed by atoms with Crippen molar-refractivity contribution >= 4 is 17.7 Å². The molecule has 134 valence electrons. The molecule has 8 N–H and O–H groups in total. The van der Waals surface area contributed by atoms with E-state index in [1.54, 1.807) is 7.05 Å². The summed E-state index contributed by atoms with van der Waals surface area (Å²) in [5.41, 5.74) is 11.0. The summed E-state index contributed by atoms with van der Waals surface area (Å²) in [5, 5.41) is 11.1. The van der Waals surface area contributed by atoms with Gasteiger partial charge in [0.2, 0.25) is 17.7 Å². The highest BCUT2D eigenvalue weighted by atomic mass is 16.2. The fourth-order valence-corrected chi connectivity index (χ4v) is 1.88. The predicted molar refractivity (Wildman–Crippen MR) is 88.4 cm³/mol. The van der Waals surface area contributed by atoms with Gasteiger partial charge in [-0.25, -0.2) is 0 Å². The maximum absolute atomic E-state index is 11.9. The maximum atomic E-state index is 11.9. The van der Waals surface area contributed by atoms with Gasteiger partial charge in [-0.2, -0.15) is 0 Å². The van der Waals surface area contributed by atoms with Crippen LogP contribution in [0, 0.1) is 0 Å². The van der Waals surface area contributed by atoms with Crippen LogP contribution in [-0.2, 0) is 14.4 Å². The van der Waals surface area contributed by atoms with Crippen LogP contribution < -0.4 is 32.7 Å². The first-order valence-corrected chi connectivity index (χ1v) is 7.83. The van der Waals surface area contributed by atoms with Crippen LogP contribution in [0.5, 0.6) is 0 Å². The van der Waals surface area contributed by atoms with E-state index in [1.807, 2.05) is 7.05 Å². The van der Waals surface area contributed by atoms with E-state index in [1.165, 1.54) is 0 Å². The lowest BCUT2D eigenvalue weighted by molar-refractivity contribution is -0.129. The van der Waals surface area contributed by atoms with Gasteiger partial charge in [0, 0.05) is 19.5 Å². The molecule has 0 bridgehead atoms. The van der Waals surface area contributed by atoms with Gasteiger partial charge in [0.15, 0.2) is 0 Å². The smallest absolute Gasteiger partial charge is 0.240 e. The Morgan fingerprint density at radius 2 is 1.65 bits per heavy atom. The molecule has 0 radical (unpaired) electrons. The molecule has 9 heteroatoms. The minimum absolute atomic E-state index is 0.104. The number of nitrogens with two attached hydrogens (primary N) is 2. The summed E-state index contributed by atoms with van der Waals surface area (Å²) >= 11 is 0. The third kappa shape index (κ3) is 10.6. The van der Waals surface area contributed by atoms with E-state index in [0.29, 0.717) is 19.5 Å². The van der Waals surface area contributed by atoms with Crippen LogP contribution in [-0.4, -0.2) is 63.5 Å². The molecule has 0 saturated carbocycles. The molecule has 0 heterocycles. The molecule has 0 aromatic rings. The van der Waals surface area contributed by atoms with Crippen LogP contribution >= 0.6 is 0 Å². The van der Waals surface area contributed by atoms with Gasteiger partial charge in [-0.05, 0) is 39.9 Å². The summed E-state index contributed by atoms with van der Waals surface area (Å²) < 4.78 is 0. The van der Waals surface area contributed by atoms with E-state index >= 15 is 0 Å². The van der Waals surface area contributed by atoms with E-state index in [-0.39, 0.29) is 18.7 Å². The molecule has 3 amide bonds. The topological polar surface area (TPSA) is 151 Å². The predicted octanol–water partition coefficient (Wildman–Crippen LogP) is -2.60. The average molecular weight is 330 g/mol. The average Bonchev–Trinajstić information content (AvgIpc) is 2.51. The van der Waals surface area contributed by atoms with Crippen molar-refractivity contribution in [2.45, 2.75) is 37.8 Å². The summed E-state index contributed by atoms with van der Waals surface area (Å²) in [4.78, 5) is 34.9. The minimum atomic E-state index is -0.895. The number of rotatable bonds is 13. The lowest BCUT2D eigenvalue weighted by atomic mass is 10.1. The molecular weight excluding hydrogens is 300 g/mol. The molecule has 0 aliphatic heterocycles. The molecule has 0 rings (SSSR count). The Kier molecular flexibility index (Phi) is 11.8. The molecule has 0 aliphatic carbocycles. The van der Waals surface area contributed by atoms with E-state index in [2.05, 4.69) is 21.3 Å². The van der Waals surface area contributed by atoms with Crippen molar-refractivity contribution in [2.24, 2.45) is 11.5 Å². The number of primary amides is 1. The quantitative estimate of drug-likeness (QED) is 0.204. The Labute approximate surface area is 137 Å². The van der Waals surface area contributed by atoms with Crippen LogP contribution in [0.15, 0.2) is 0 Å². The van der Waals surface area contributed by atoms with Crippen LogP contribution in [0.2, 0.25) is 0 Å². The molecule has 2 atom stereocenters. The standard InChI is InChI=1S/C14H30N6O3/c1-17-7-3-4-10(15)14(23)20-11(13(16)22)5-6-12(21)19-9-8-18-2/h10-11,17-18H,3-9,15H2,1-2H3,(H2,16,22)(H,19,21)(H,20,23)/t10-,11+/m1/s1. The highest BCUT2D eigenvalue weighted by Gasteiger charge is 2.22. The number of hydrogen-bond acceptors (Lipinski definition) is 6. The number of hydrogen-bond donors (Lipinski definition) is 6. The second-order valence-corrected chi connectivity index (χ2v) is 5.31. The molecule has 0 saturated heterocycles. The summed E-state index contributed by atoms with van der Waals surface area (Å²) in [6.07, 6.45) is 1.51. The Bertz CT molecular complexity index is 378. The largest absolute Gasteiger partial charge is 0.368 e. The van der Waals surface area contributed by atoms with E-state index in [0.717, 1.165) is 13.0 Å². The zero-order chi connectivity index (χ0) is 17.7. The molecule has 0 fully saturated rings. The fraction of sp³-hybridized carbons (Fsp3) is 0.786. The van der Waals surface area contributed by atoms with Gasteiger partial charge in [0.1, 0.15) is 6.04 Å². The van der Waals surface area contributed by atoms with Crippen LogP contribution in [0.4, 0.5) is 0 Å². The molecular formula is C14H30N6O3. The third-order valence-electron chi connectivity index (χ3n) is 3.30. The Balaban J connectivity index is 4.22. The van der Waals surface area contributed by atoms with Gasteiger partial charge in [-0.3, -0.25) is 14.4 Å². The van der Waals surface area contributed by atoms with Crippen molar-refractivity contribution in [3.63, 3.8) is 0 Å². The van der Waals surface area contributed by atoms with Gasteiger partial charge in [0.05, 0.1) is 6.04 Å². The van der Waals surface area contributed by atoms with Gasteiger partial charge in [-0.1, -0.05) is 0 Å². The van der Waals surface area contributed by atoms with Gasteiger partial charge in [0.25, 0.3) is 0 Å². The summed E-state index contributed by atoms with van der Waals surface area (Å²) in [7, 11) is 3.60. The van der Waals surface area contributed by atoms with Crippen molar-refractivity contribution in [1.29, 1.82) is 0 Å². The Hall–Kier alpha value is -1.71. The van der Waals surface area contributed by atoms with Gasteiger partial charge < -0.3 is 32.7 Å². The summed E-state index contributed by atoms with van der Waals surface area (Å²) in [6, 6.07) is -1.59. The first kappa shape index (κ1) is 21.3. The van der Waals surface area contributed by atoms with Gasteiger partial charge >= 0.3 is 0 Å². The third-order valence-corrected chi connectivity index (χ3v) is 3.30. The highest BCUT2D eigenvalue weighted by molar-refractivity contribution is 5.89. The first-order chi connectivity index (χ1) is 10.9. The molecule has 0 spiro atoms. The van der Waals surface area contributed by atoms with Crippen LogP contribution in [0.3, 0.4) is 0 Å². The number of likely N-dealkylation sites (N-methyl/N-ethyl adjacent to an activating group) is 1. The van der Waals surface area contributed by atoms with E-state index < -0.39 is 23.9 Å². The highest BCUT2D eigenvalue weighted by Crippen LogP contribution is 2.00. The summed E-state index contributed by atoms with van der Waals surface area (Å²) in [6.45, 7) is 1.91. The second-order valence-electron chi connectivity index (χ2n) is 5.31. The minimum Gasteiger partial charge on any atom is -0.368 e. The normalized spacial score (nSPS) is 13.2. The molecule has 0 aromatic carbocycles. The van der Waals surface area contributed by atoms with Crippen LogP contribution in [0.25, 0.3) is 0 Å². The molecule has 23 heavy (non-hydrogen) atoms. The molecule has 9 nitrogen and oxygen atoms in total. The maximum Gasteiger partial charge on any atom is 0.240 e. The number of amides is 3. The summed E-state index contributed by atoms with van der Waals surface area (Å²) in [5.74, 6) is -1.30. The van der Waals surface area contributed by atoms with Crippen molar-refractivity contribution < 1.29 is 14.4 Å². The monoisotopic (exact) mass is 330 g/mol. The van der Waals surface area contributed by atoms with Gasteiger partial charge in [-0.15, -0.1) is 0 Å².